The number of hydrogen-bond acceptors (Lipinski definition) is 8. The number of halogens is 3. The molecule has 7 atom stereocenters. The molecule has 0 aliphatic carbocycles. The summed E-state index contributed by atoms with van der Waals surface area (Å²) < 4.78 is 61.8. The fourth-order valence-electron chi connectivity index (χ4n) is 4.17. The number of benzene rings is 1. The summed E-state index contributed by atoms with van der Waals surface area (Å²) in [4.78, 5) is 12.4. The maximum atomic E-state index is 15.8. The average Bonchev–Trinajstić information content (AvgIpc) is 2.80. The van der Waals surface area contributed by atoms with Crippen molar-refractivity contribution in [2.24, 2.45) is 11.7 Å². The van der Waals surface area contributed by atoms with Crippen molar-refractivity contribution in [1.29, 1.82) is 5.41 Å². The number of nitrogens with one attached hydrogen (secondary N) is 2. The Kier molecular flexibility index (Phi) is 7.55. The summed E-state index contributed by atoms with van der Waals surface area (Å²) in [5.74, 6) is -12.6. The van der Waals surface area contributed by atoms with Crippen molar-refractivity contribution in [2.45, 2.75) is 50.2 Å². The molecule has 1 aromatic carbocycles. The predicted octanol–water partition coefficient (Wildman–Crippen LogP) is 0.373. The number of carboxylic acid groups (broad SMARTS) is 1. The molecule has 0 aromatic heterocycles. The van der Waals surface area contributed by atoms with Crippen LogP contribution in [0.2, 0.25) is 0 Å². The van der Waals surface area contributed by atoms with Crippen LogP contribution in [0.25, 0.3) is 5.57 Å². The molecule has 1 aromatic rings. The Morgan fingerprint density at radius 1 is 1.42 bits per heavy atom. The van der Waals surface area contributed by atoms with Crippen LogP contribution in [0.5, 0.6) is 11.5 Å². The van der Waals surface area contributed by atoms with Crippen LogP contribution >= 0.6 is 0 Å². The monoisotopic (exact) mass is 517 g/mol. The van der Waals surface area contributed by atoms with E-state index >= 15 is 13.2 Å². The summed E-state index contributed by atoms with van der Waals surface area (Å²) in [5.41, 5.74) is 5.64. The van der Waals surface area contributed by atoms with Gasteiger partial charge in [0, 0.05) is 11.5 Å². The van der Waals surface area contributed by atoms with Crippen LogP contribution < -0.4 is 20.5 Å². The molecule has 0 saturated carbocycles. The average molecular weight is 517 g/mol. The van der Waals surface area contributed by atoms with Gasteiger partial charge in [-0.05, 0) is 24.6 Å². The van der Waals surface area contributed by atoms with Gasteiger partial charge in [0.1, 0.15) is 18.0 Å². The number of fused-ring (bicyclic) bond motifs is 1. The van der Waals surface area contributed by atoms with Gasteiger partial charge >= 0.3 is 11.8 Å². The van der Waals surface area contributed by atoms with E-state index in [1.54, 1.807) is 0 Å². The number of carbonyl (C=O) groups is 1. The number of alkyl halides is 1. The van der Waals surface area contributed by atoms with Crippen molar-refractivity contribution in [1.82, 2.24) is 5.32 Å². The van der Waals surface area contributed by atoms with Crippen LogP contribution in [0.1, 0.15) is 19.4 Å². The second-order valence-electron chi connectivity index (χ2n) is 8.52. The standard InChI is InChI=1S/C22H26F3N3O8/c1-7-4-8(2)34-17-10(7)5-11(23)18(13(17)24)36-22(20(32)33)19(25)14(28-21(26)27)9(3)16(35-22)15(31)12(30)6-29/h4-5,9,12,14-16,19,29-31H,2,6H2,1,3H3,(H,32,33)(H4,26,27,28)/t9?,12-,14?,15-,16?,19?,22?/m1/s1. The van der Waals surface area contributed by atoms with Gasteiger partial charge in [-0.15, -0.1) is 0 Å². The van der Waals surface area contributed by atoms with Gasteiger partial charge in [-0.3, -0.25) is 5.41 Å². The number of aliphatic carboxylic acids is 1. The van der Waals surface area contributed by atoms with E-state index < -0.39 is 83.9 Å². The fraction of sp³-hybridized carbons (Fsp3) is 0.455. The molecule has 3 rings (SSSR count). The summed E-state index contributed by atoms with van der Waals surface area (Å²) >= 11 is 0. The van der Waals surface area contributed by atoms with Gasteiger partial charge in [0.2, 0.25) is 5.82 Å². The van der Waals surface area contributed by atoms with E-state index in [0.717, 1.165) is 6.07 Å². The minimum absolute atomic E-state index is 0.0117. The van der Waals surface area contributed by atoms with Crippen LogP contribution in [0.3, 0.4) is 0 Å². The first-order chi connectivity index (χ1) is 16.7. The van der Waals surface area contributed by atoms with Crippen LogP contribution in [-0.2, 0) is 9.53 Å². The molecule has 8 N–H and O–H groups in total. The maximum Gasteiger partial charge on any atom is 0.380 e. The molecule has 5 unspecified atom stereocenters. The normalized spacial score (nSPS) is 29.3. The Morgan fingerprint density at radius 3 is 2.61 bits per heavy atom. The third-order valence-corrected chi connectivity index (χ3v) is 6.03. The number of carboxylic acids is 1. The lowest BCUT2D eigenvalue weighted by Crippen LogP contribution is -2.72. The molecular weight excluding hydrogens is 491 g/mol. The molecule has 14 heteroatoms. The van der Waals surface area contributed by atoms with Crippen molar-refractivity contribution in [2.75, 3.05) is 6.61 Å². The van der Waals surface area contributed by atoms with Crippen molar-refractivity contribution >= 4 is 17.5 Å². The lowest BCUT2D eigenvalue weighted by molar-refractivity contribution is -0.302. The van der Waals surface area contributed by atoms with E-state index in [0.29, 0.717) is 5.57 Å². The zero-order valence-corrected chi connectivity index (χ0v) is 19.2. The number of allylic oxidation sites excluding steroid dienone is 2. The van der Waals surface area contributed by atoms with Crippen molar-refractivity contribution in [3.63, 3.8) is 0 Å². The Bertz CT molecular complexity index is 1120. The van der Waals surface area contributed by atoms with Crippen molar-refractivity contribution in [3.05, 3.63) is 41.7 Å². The van der Waals surface area contributed by atoms with Crippen molar-refractivity contribution in [3.8, 4) is 11.5 Å². The Hall–Kier alpha value is -3.33. The maximum absolute atomic E-state index is 15.8. The SMILES string of the molecule is C=C1C=C(C)c2cc(F)c(OC3(C(=O)O)OC([C@H](O)[C@H](O)CO)C(C)C(NC(=N)N)C3F)c(F)c2O1. The molecule has 2 aliphatic heterocycles. The van der Waals surface area contributed by atoms with Crippen LogP contribution in [0, 0.1) is 23.0 Å². The number of hydrogen-bond donors (Lipinski definition) is 7. The summed E-state index contributed by atoms with van der Waals surface area (Å²) in [6.45, 7) is 5.34. The second kappa shape index (κ2) is 9.97. The third-order valence-electron chi connectivity index (χ3n) is 6.03. The first-order valence-electron chi connectivity index (χ1n) is 10.6. The molecule has 0 spiro atoms. The number of nitrogens with two attached hydrogens (primary N) is 1. The first-order valence-corrected chi connectivity index (χ1v) is 10.6. The molecule has 11 nitrogen and oxygen atoms in total. The third kappa shape index (κ3) is 4.59. The molecule has 2 heterocycles. The summed E-state index contributed by atoms with van der Waals surface area (Å²) in [5, 5.41) is 49.2. The zero-order chi connectivity index (χ0) is 27.1. The number of aliphatic hydroxyl groups is 3. The smallest absolute Gasteiger partial charge is 0.380 e. The lowest BCUT2D eigenvalue weighted by atomic mass is 9.81. The van der Waals surface area contributed by atoms with E-state index in [1.807, 2.05) is 0 Å². The predicted molar refractivity (Wildman–Crippen MR) is 118 cm³/mol. The molecule has 1 fully saturated rings. The van der Waals surface area contributed by atoms with Gasteiger partial charge in [-0.2, -0.15) is 4.39 Å². The molecule has 36 heavy (non-hydrogen) atoms. The van der Waals surface area contributed by atoms with Gasteiger partial charge in [0.15, 0.2) is 29.4 Å². The quantitative estimate of drug-likeness (QED) is 0.197. The van der Waals surface area contributed by atoms with Gasteiger partial charge in [-0.25, -0.2) is 13.6 Å². The Balaban J connectivity index is 2.16. The molecule has 2 aliphatic rings. The minimum Gasteiger partial charge on any atom is -0.476 e. The van der Waals surface area contributed by atoms with Crippen LogP contribution in [0.15, 0.2) is 24.5 Å². The highest BCUT2D eigenvalue weighted by Crippen LogP contribution is 2.44. The summed E-state index contributed by atoms with van der Waals surface area (Å²) in [7, 11) is 0. The van der Waals surface area contributed by atoms with E-state index in [1.165, 1.54) is 19.9 Å². The van der Waals surface area contributed by atoms with E-state index in [2.05, 4.69) is 11.9 Å². The lowest BCUT2D eigenvalue weighted by Gasteiger charge is -2.48. The number of aliphatic hydroxyl groups excluding tert-OH is 3. The van der Waals surface area contributed by atoms with Gasteiger partial charge in [0.25, 0.3) is 0 Å². The van der Waals surface area contributed by atoms with E-state index in [-0.39, 0.29) is 11.3 Å². The van der Waals surface area contributed by atoms with E-state index in [4.69, 9.17) is 25.4 Å². The fourth-order valence-corrected chi connectivity index (χ4v) is 4.17. The zero-order valence-electron chi connectivity index (χ0n) is 19.2. The summed E-state index contributed by atoms with van der Waals surface area (Å²) in [6.07, 6.45) is -7.02. The molecule has 1 saturated heterocycles. The minimum atomic E-state index is -3.51. The largest absolute Gasteiger partial charge is 0.476 e. The summed E-state index contributed by atoms with van der Waals surface area (Å²) in [6, 6.07) is -0.934. The van der Waals surface area contributed by atoms with Crippen LogP contribution in [0.4, 0.5) is 13.2 Å². The highest BCUT2D eigenvalue weighted by molar-refractivity contribution is 5.79. The Morgan fingerprint density at radius 2 is 2.06 bits per heavy atom. The highest BCUT2D eigenvalue weighted by Gasteiger charge is 2.63. The van der Waals surface area contributed by atoms with E-state index in [9.17, 15) is 25.2 Å². The number of ether oxygens (including phenoxy) is 3. The van der Waals surface area contributed by atoms with Crippen molar-refractivity contribution < 1.29 is 52.6 Å². The van der Waals surface area contributed by atoms with Gasteiger partial charge in [0.05, 0.1) is 18.8 Å². The first kappa shape index (κ1) is 27.3. The molecule has 0 radical (unpaired) electrons. The topological polar surface area (TPSA) is 188 Å². The number of rotatable bonds is 7. The number of guanidine groups is 1. The second-order valence-corrected chi connectivity index (χ2v) is 8.52. The molecular formula is C22H26F3N3O8. The van der Waals surface area contributed by atoms with Gasteiger partial charge in [-0.1, -0.05) is 13.5 Å². The molecule has 198 valence electrons. The molecule has 0 bridgehead atoms. The highest BCUT2D eigenvalue weighted by atomic mass is 19.1. The van der Waals surface area contributed by atoms with Crippen LogP contribution in [-0.4, -0.2) is 75.3 Å². The molecule has 0 amide bonds. The Labute approximate surface area is 203 Å². The van der Waals surface area contributed by atoms with Gasteiger partial charge < -0.3 is 45.7 Å².